The van der Waals surface area contributed by atoms with Gasteiger partial charge in [0.2, 0.25) is 0 Å². The number of rotatable bonds is 7. The van der Waals surface area contributed by atoms with Gasteiger partial charge in [-0.3, -0.25) is 14.5 Å². The first kappa shape index (κ1) is 24.2. The maximum Gasteiger partial charge on any atom is 0.274 e. The third kappa shape index (κ3) is 5.22. The number of nitrogens with zero attached hydrogens (tertiary/aromatic N) is 3. The molecular formula is C28H25N5O3S. The van der Waals surface area contributed by atoms with Crippen LogP contribution in [0.4, 0.5) is 11.4 Å². The number of hydrazone groups is 1. The molecule has 1 aromatic heterocycles. The van der Waals surface area contributed by atoms with Gasteiger partial charge in [0, 0.05) is 42.8 Å². The molecule has 8 nitrogen and oxygen atoms in total. The Kier molecular flexibility index (Phi) is 6.70. The van der Waals surface area contributed by atoms with Gasteiger partial charge in [-0.15, -0.1) is 0 Å². The lowest BCUT2D eigenvalue weighted by atomic mass is 9.97. The molecular weight excluding hydrogens is 486 g/mol. The fourth-order valence-electron chi connectivity index (χ4n) is 4.20. The van der Waals surface area contributed by atoms with Gasteiger partial charge in [-0.1, -0.05) is 42.5 Å². The SMILES string of the molecule is CNc1cccc(C2CC(c3ccc(NS(=O)(=O)c4ccccc4)cc3)=NN2C(=O)c2ccncc2)c1. The fourth-order valence-corrected chi connectivity index (χ4v) is 5.28. The molecule has 9 heteroatoms. The summed E-state index contributed by atoms with van der Waals surface area (Å²) in [6.45, 7) is 0. The molecule has 0 fully saturated rings. The molecule has 2 heterocycles. The lowest BCUT2D eigenvalue weighted by molar-refractivity contribution is 0.0711. The Morgan fingerprint density at radius 1 is 0.892 bits per heavy atom. The van der Waals surface area contributed by atoms with Crippen molar-refractivity contribution in [1.29, 1.82) is 0 Å². The first-order valence-electron chi connectivity index (χ1n) is 11.7. The van der Waals surface area contributed by atoms with Gasteiger partial charge in [0.05, 0.1) is 16.6 Å². The van der Waals surface area contributed by atoms with Gasteiger partial charge in [0.15, 0.2) is 0 Å². The standard InChI is InChI=1S/C28H25N5O3S/c1-29-24-7-5-6-22(18-24)27-19-26(31-33(27)28(34)21-14-16-30-17-15-21)20-10-12-23(13-11-20)32-37(35,36)25-8-3-2-4-9-25/h2-18,27,29,32H,19H2,1H3. The summed E-state index contributed by atoms with van der Waals surface area (Å²) < 4.78 is 27.9. The molecule has 186 valence electrons. The summed E-state index contributed by atoms with van der Waals surface area (Å²) in [5.41, 5.74) is 4.38. The number of anilines is 2. The van der Waals surface area contributed by atoms with Crippen molar-refractivity contribution < 1.29 is 13.2 Å². The lowest BCUT2D eigenvalue weighted by Crippen LogP contribution is -2.27. The third-order valence-electron chi connectivity index (χ3n) is 6.13. The van der Waals surface area contributed by atoms with E-state index in [9.17, 15) is 13.2 Å². The number of pyridine rings is 1. The molecule has 3 aromatic carbocycles. The van der Waals surface area contributed by atoms with E-state index < -0.39 is 10.0 Å². The van der Waals surface area contributed by atoms with Crippen LogP contribution in [0, 0.1) is 0 Å². The minimum atomic E-state index is -3.69. The monoisotopic (exact) mass is 511 g/mol. The van der Waals surface area contributed by atoms with E-state index in [4.69, 9.17) is 5.10 Å². The minimum Gasteiger partial charge on any atom is -0.388 e. The topological polar surface area (TPSA) is 104 Å². The van der Waals surface area contributed by atoms with Crippen LogP contribution in [0.1, 0.15) is 33.9 Å². The van der Waals surface area contributed by atoms with Gasteiger partial charge in [0.1, 0.15) is 0 Å². The zero-order chi connectivity index (χ0) is 25.8. The highest BCUT2D eigenvalue weighted by Gasteiger charge is 2.34. The van der Waals surface area contributed by atoms with E-state index >= 15 is 0 Å². The highest BCUT2D eigenvalue weighted by molar-refractivity contribution is 7.92. The molecule has 1 aliphatic rings. The Balaban J connectivity index is 1.43. The number of nitrogens with one attached hydrogen (secondary N) is 2. The summed E-state index contributed by atoms with van der Waals surface area (Å²) in [6, 6.07) is 26.2. The lowest BCUT2D eigenvalue weighted by Gasteiger charge is -2.22. The van der Waals surface area contributed by atoms with Crippen molar-refractivity contribution >= 4 is 33.0 Å². The predicted molar refractivity (Wildman–Crippen MR) is 144 cm³/mol. The fraction of sp³-hybridized carbons (Fsp3) is 0.107. The average molecular weight is 512 g/mol. The number of carbonyl (C=O) groups is 1. The van der Waals surface area contributed by atoms with Crippen molar-refractivity contribution in [2.24, 2.45) is 5.10 Å². The number of sulfonamides is 1. The average Bonchev–Trinajstić information content (AvgIpc) is 3.39. The highest BCUT2D eigenvalue weighted by Crippen LogP contribution is 2.35. The summed E-state index contributed by atoms with van der Waals surface area (Å²) in [5.74, 6) is -0.218. The van der Waals surface area contributed by atoms with Gasteiger partial charge >= 0.3 is 0 Å². The van der Waals surface area contributed by atoms with Gasteiger partial charge < -0.3 is 5.32 Å². The van der Waals surface area contributed by atoms with Crippen molar-refractivity contribution in [3.8, 4) is 0 Å². The minimum absolute atomic E-state index is 0.191. The zero-order valence-electron chi connectivity index (χ0n) is 20.1. The molecule has 2 N–H and O–H groups in total. The van der Waals surface area contributed by atoms with E-state index in [0.29, 0.717) is 17.7 Å². The number of carbonyl (C=O) groups excluding carboxylic acids is 1. The van der Waals surface area contributed by atoms with Crippen molar-refractivity contribution in [3.63, 3.8) is 0 Å². The van der Waals surface area contributed by atoms with Crippen LogP contribution in [0.15, 0.2) is 113 Å². The molecule has 0 bridgehead atoms. The van der Waals surface area contributed by atoms with Crippen LogP contribution in [-0.4, -0.2) is 37.1 Å². The number of aromatic nitrogens is 1. The molecule has 37 heavy (non-hydrogen) atoms. The molecule has 0 radical (unpaired) electrons. The van der Waals surface area contributed by atoms with E-state index in [1.807, 2.05) is 43.4 Å². The van der Waals surface area contributed by atoms with Crippen molar-refractivity contribution in [1.82, 2.24) is 9.99 Å². The number of hydrogen-bond donors (Lipinski definition) is 2. The van der Waals surface area contributed by atoms with Crippen molar-refractivity contribution in [2.45, 2.75) is 17.4 Å². The number of benzene rings is 3. The molecule has 1 aliphatic heterocycles. The van der Waals surface area contributed by atoms with Crippen LogP contribution in [0.2, 0.25) is 0 Å². The largest absolute Gasteiger partial charge is 0.388 e. The normalized spacial score (nSPS) is 15.2. The zero-order valence-corrected chi connectivity index (χ0v) is 20.9. The number of amides is 1. The van der Waals surface area contributed by atoms with Crippen LogP contribution < -0.4 is 10.0 Å². The van der Waals surface area contributed by atoms with Crippen LogP contribution in [0.3, 0.4) is 0 Å². The Morgan fingerprint density at radius 2 is 1.62 bits per heavy atom. The van der Waals surface area contributed by atoms with E-state index in [-0.39, 0.29) is 16.8 Å². The molecule has 1 amide bonds. The van der Waals surface area contributed by atoms with Crippen LogP contribution in [0.25, 0.3) is 0 Å². The second-order valence-electron chi connectivity index (χ2n) is 8.52. The van der Waals surface area contributed by atoms with E-state index in [1.54, 1.807) is 67.0 Å². The number of hydrogen-bond acceptors (Lipinski definition) is 6. The van der Waals surface area contributed by atoms with Crippen molar-refractivity contribution in [2.75, 3.05) is 17.1 Å². The third-order valence-corrected chi connectivity index (χ3v) is 7.53. The van der Waals surface area contributed by atoms with E-state index in [2.05, 4.69) is 15.0 Å². The summed E-state index contributed by atoms with van der Waals surface area (Å²) in [4.78, 5) is 17.6. The summed E-state index contributed by atoms with van der Waals surface area (Å²) in [5, 5.41) is 9.38. The summed E-state index contributed by atoms with van der Waals surface area (Å²) in [7, 11) is -1.84. The van der Waals surface area contributed by atoms with Crippen LogP contribution in [0.5, 0.6) is 0 Å². The Hall–Kier alpha value is -4.50. The molecule has 1 unspecified atom stereocenters. The second-order valence-corrected chi connectivity index (χ2v) is 10.2. The van der Waals surface area contributed by atoms with Crippen LogP contribution in [-0.2, 0) is 10.0 Å². The molecule has 4 aromatic rings. The molecule has 1 atom stereocenters. The predicted octanol–water partition coefficient (Wildman–Crippen LogP) is 4.92. The Labute approximate surface area is 215 Å². The highest BCUT2D eigenvalue weighted by atomic mass is 32.2. The van der Waals surface area contributed by atoms with Crippen molar-refractivity contribution in [3.05, 3.63) is 120 Å². The first-order valence-corrected chi connectivity index (χ1v) is 13.2. The maximum atomic E-state index is 13.4. The molecule has 0 aliphatic carbocycles. The molecule has 5 rings (SSSR count). The molecule has 0 saturated carbocycles. The summed E-state index contributed by atoms with van der Waals surface area (Å²) >= 11 is 0. The summed E-state index contributed by atoms with van der Waals surface area (Å²) in [6.07, 6.45) is 3.68. The maximum absolute atomic E-state index is 13.4. The molecule has 0 spiro atoms. The smallest absolute Gasteiger partial charge is 0.274 e. The van der Waals surface area contributed by atoms with Gasteiger partial charge in [-0.2, -0.15) is 5.10 Å². The quantitative estimate of drug-likeness (QED) is 0.367. The Bertz CT molecular complexity index is 1540. The molecule has 0 saturated heterocycles. The van der Waals surface area contributed by atoms with E-state index in [0.717, 1.165) is 22.5 Å². The van der Waals surface area contributed by atoms with Gasteiger partial charge in [-0.05, 0) is 59.7 Å². The van der Waals surface area contributed by atoms with E-state index in [1.165, 1.54) is 5.01 Å². The second kappa shape index (κ2) is 10.2. The van der Waals surface area contributed by atoms with Gasteiger partial charge in [-0.25, -0.2) is 13.4 Å². The first-order chi connectivity index (χ1) is 17.9. The Morgan fingerprint density at radius 3 is 2.32 bits per heavy atom. The van der Waals surface area contributed by atoms with Gasteiger partial charge in [0.25, 0.3) is 15.9 Å². The van der Waals surface area contributed by atoms with Crippen LogP contribution >= 0.6 is 0 Å².